The van der Waals surface area contributed by atoms with E-state index in [0.29, 0.717) is 5.56 Å². The number of cyclic esters (lactones) is 1. The molecule has 0 spiro atoms. The zero-order valence-electron chi connectivity index (χ0n) is 17.8. The molecule has 2 aromatic rings. The molecule has 2 unspecified atom stereocenters. The number of carbonyl (C=O) groups is 5. The minimum atomic E-state index is -1.49. The molecule has 4 atom stereocenters. The van der Waals surface area contributed by atoms with E-state index in [1.54, 1.807) is 18.2 Å². The van der Waals surface area contributed by atoms with Gasteiger partial charge in [0.05, 0.1) is 6.42 Å². The minimum absolute atomic E-state index is 0.0281. The number of amides is 4. The second-order valence-corrected chi connectivity index (χ2v) is 8.10. The number of aliphatic hydroxyl groups excluding tert-OH is 1. The fourth-order valence-electron chi connectivity index (χ4n) is 4.00. The van der Waals surface area contributed by atoms with E-state index in [1.807, 2.05) is 24.3 Å². The fourth-order valence-corrected chi connectivity index (χ4v) is 4.00. The number of imide groups is 1. The zero-order valence-corrected chi connectivity index (χ0v) is 17.8. The second-order valence-electron chi connectivity index (χ2n) is 8.10. The van der Waals surface area contributed by atoms with Gasteiger partial charge in [0.15, 0.2) is 0 Å². The average molecular weight is 453 g/mol. The smallest absolute Gasteiger partial charge is 0.310 e. The molecule has 10 nitrogen and oxygen atoms in total. The number of nitrogens with zero attached hydrogens (tertiary/aromatic N) is 1. The normalized spacial score (nSPS) is 23.9. The van der Waals surface area contributed by atoms with Crippen molar-refractivity contribution in [1.29, 1.82) is 0 Å². The number of benzene rings is 2. The van der Waals surface area contributed by atoms with Gasteiger partial charge in [0.2, 0.25) is 18.1 Å². The van der Waals surface area contributed by atoms with Gasteiger partial charge in [-0.05, 0) is 36.2 Å². The first kappa shape index (κ1) is 22.4. The fraction of sp³-hybridized carbons (Fsp3) is 0.348. The Bertz CT molecular complexity index is 1150. The Kier molecular flexibility index (Phi) is 6.10. The molecule has 0 aromatic heterocycles. The molecular weight excluding hydrogens is 430 g/mol. The summed E-state index contributed by atoms with van der Waals surface area (Å²) in [5.74, 6) is -3.08. The van der Waals surface area contributed by atoms with E-state index in [4.69, 9.17) is 0 Å². The summed E-state index contributed by atoms with van der Waals surface area (Å²) in [6, 6.07) is 9.58. The number of aliphatic hydroxyl groups is 1. The first-order valence-electron chi connectivity index (χ1n) is 10.6. The van der Waals surface area contributed by atoms with Gasteiger partial charge in [-0.1, -0.05) is 30.3 Å². The number of ether oxygens (including phenoxy) is 1. The minimum Gasteiger partial charge on any atom is -0.434 e. The van der Waals surface area contributed by atoms with Crippen LogP contribution in [-0.4, -0.2) is 64.0 Å². The molecule has 3 N–H and O–H groups in total. The Balaban J connectivity index is 1.44. The first-order chi connectivity index (χ1) is 15.7. The van der Waals surface area contributed by atoms with Crippen LogP contribution in [-0.2, 0) is 23.9 Å². The molecule has 4 rings (SSSR count). The number of esters is 1. The van der Waals surface area contributed by atoms with Crippen LogP contribution in [0.5, 0.6) is 0 Å². The molecule has 0 aliphatic carbocycles. The number of hydrogen-bond acceptors (Lipinski definition) is 7. The van der Waals surface area contributed by atoms with Crippen LogP contribution in [0.2, 0.25) is 0 Å². The summed E-state index contributed by atoms with van der Waals surface area (Å²) in [5.41, 5.74) is 0.371. The maximum absolute atomic E-state index is 13.0. The SMILES string of the molecule is C[C@@H](C(=O)N[C@H]1CC(=O)OC1O)N1C(=O)CCC(NC(=O)c2ccc3ccccc3c2)C1=O. The Hall–Kier alpha value is -3.79. The van der Waals surface area contributed by atoms with Gasteiger partial charge in [0.25, 0.3) is 11.8 Å². The van der Waals surface area contributed by atoms with Gasteiger partial charge in [0, 0.05) is 12.0 Å². The Morgan fingerprint density at radius 1 is 1.09 bits per heavy atom. The van der Waals surface area contributed by atoms with Gasteiger partial charge in [0.1, 0.15) is 18.1 Å². The maximum Gasteiger partial charge on any atom is 0.310 e. The highest BCUT2D eigenvalue weighted by atomic mass is 16.6. The van der Waals surface area contributed by atoms with Gasteiger partial charge >= 0.3 is 5.97 Å². The van der Waals surface area contributed by atoms with Crippen molar-refractivity contribution in [2.45, 2.75) is 50.6 Å². The largest absolute Gasteiger partial charge is 0.434 e. The molecule has 2 saturated heterocycles. The molecule has 0 saturated carbocycles. The van der Waals surface area contributed by atoms with Crippen LogP contribution >= 0.6 is 0 Å². The van der Waals surface area contributed by atoms with Crippen LogP contribution in [0.4, 0.5) is 0 Å². The lowest BCUT2D eigenvalue weighted by molar-refractivity contribution is -0.157. The molecule has 0 radical (unpaired) electrons. The number of hydrogen-bond donors (Lipinski definition) is 3. The summed E-state index contributed by atoms with van der Waals surface area (Å²) in [7, 11) is 0. The van der Waals surface area contributed by atoms with Crippen molar-refractivity contribution in [2.75, 3.05) is 0 Å². The Morgan fingerprint density at radius 2 is 1.82 bits per heavy atom. The van der Waals surface area contributed by atoms with Gasteiger partial charge in [-0.15, -0.1) is 0 Å². The number of carbonyl (C=O) groups excluding carboxylic acids is 5. The van der Waals surface area contributed by atoms with Crippen molar-refractivity contribution in [2.24, 2.45) is 0 Å². The first-order valence-corrected chi connectivity index (χ1v) is 10.6. The van der Waals surface area contributed by atoms with E-state index in [9.17, 15) is 29.1 Å². The summed E-state index contributed by atoms with van der Waals surface area (Å²) in [6.07, 6.45) is -1.62. The van der Waals surface area contributed by atoms with Crippen molar-refractivity contribution in [3.8, 4) is 0 Å². The standard InChI is InChI=1S/C23H23N3O7/c1-12(20(29)25-17-11-19(28)33-23(17)32)26-18(27)9-8-16(22(26)31)24-21(30)15-7-6-13-4-2-3-5-14(13)10-15/h2-7,10,12,16-17,23,32H,8-9,11H2,1H3,(H,24,30)(H,25,29)/t12-,16?,17-,23?/m0/s1. The Morgan fingerprint density at radius 3 is 2.52 bits per heavy atom. The topological polar surface area (TPSA) is 142 Å². The molecule has 2 fully saturated rings. The molecule has 2 aliphatic rings. The van der Waals surface area contributed by atoms with Crippen molar-refractivity contribution < 1.29 is 33.8 Å². The third-order valence-corrected chi connectivity index (χ3v) is 5.85. The Labute approximate surface area is 188 Å². The molecule has 0 bridgehead atoms. The van der Waals surface area contributed by atoms with Crippen molar-refractivity contribution >= 4 is 40.4 Å². The van der Waals surface area contributed by atoms with Crippen LogP contribution in [0.1, 0.15) is 36.5 Å². The molecular formula is C23H23N3O7. The van der Waals surface area contributed by atoms with E-state index < -0.39 is 54.0 Å². The van der Waals surface area contributed by atoms with Gasteiger partial charge in [-0.3, -0.25) is 28.9 Å². The van der Waals surface area contributed by atoms with Gasteiger partial charge in [-0.25, -0.2) is 0 Å². The van der Waals surface area contributed by atoms with Crippen LogP contribution in [0, 0.1) is 0 Å². The highest BCUT2D eigenvalue weighted by Crippen LogP contribution is 2.20. The quantitative estimate of drug-likeness (QED) is 0.434. The number of piperidine rings is 1. The summed E-state index contributed by atoms with van der Waals surface area (Å²) < 4.78 is 4.58. The van der Waals surface area contributed by atoms with E-state index in [0.717, 1.165) is 15.7 Å². The molecule has 4 amide bonds. The third-order valence-electron chi connectivity index (χ3n) is 5.85. The zero-order chi connectivity index (χ0) is 23.7. The molecule has 2 aliphatic heterocycles. The lowest BCUT2D eigenvalue weighted by Gasteiger charge is -2.34. The third kappa shape index (κ3) is 4.56. The predicted molar refractivity (Wildman–Crippen MR) is 114 cm³/mol. The van der Waals surface area contributed by atoms with Crippen LogP contribution < -0.4 is 10.6 Å². The molecule has 2 heterocycles. The summed E-state index contributed by atoms with van der Waals surface area (Å²) >= 11 is 0. The van der Waals surface area contributed by atoms with Crippen LogP contribution in [0.25, 0.3) is 10.8 Å². The summed E-state index contributed by atoms with van der Waals surface area (Å²) in [5, 5.41) is 16.6. The van der Waals surface area contributed by atoms with Crippen molar-refractivity contribution in [1.82, 2.24) is 15.5 Å². The lowest BCUT2D eigenvalue weighted by Crippen LogP contribution is -2.60. The number of likely N-dealkylation sites (tertiary alicyclic amines) is 1. The maximum atomic E-state index is 13.0. The number of fused-ring (bicyclic) bond motifs is 1. The van der Waals surface area contributed by atoms with E-state index in [2.05, 4.69) is 15.4 Å². The monoisotopic (exact) mass is 453 g/mol. The molecule has 172 valence electrons. The lowest BCUT2D eigenvalue weighted by atomic mass is 10.0. The second kappa shape index (κ2) is 8.99. The molecule has 2 aromatic carbocycles. The predicted octanol–water partition coefficient (Wildman–Crippen LogP) is 0.226. The van der Waals surface area contributed by atoms with Crippen LogP contribution in [0.15, 0.2) is 42.5 Å². The molecule has 10 heteroatoms. The van der Waals surface area contributed by atoms with E-state index in [1.165, 1.54) is 6.92 Å². The van der Waals surface area contributed by atoms with E-state index in [-0.39, 0.29) is 19.3 Å². The van der Waals surface area contributed by atoms with Crippen molar-refractivity contribution in [3.63, 3.8) is 0 Å². The van der Waals surface area contributed by atoms with Crippen molar-refractivity contribution in [3.05, 3.63) is 48.0 Å². The van der Waals surface area contributed by atoms with Gasteiger partial charge < -0.3 is 20.5 Å². The van der Waals surface area contributed by atoms with Crippen LogP contribution in [0.3, 0.4) is 0 Å². The van der Waals surface area contributed by atoms with Gasteiger partial charge in [-0.2, -0.15) is 0 Å². The molecule has 33 heavy (non-hydrogen) atoms. The number of rotatable bonds is 5. The van der Waals surface area contributed by atoms with E-state index >= 15 is 0 Å². The number of nitrogens with one attached hydrogen (secondary N) is 2. The highest BCUT2D eigenvalue weighted by molar-refractivity contribution is 6.07. The highest BCUT2D eigenvalue weighted by Gasteiger charge is 2.42. The summed E-state index contributed by atoms with van der Waals surface area (Å²) in [4.78, 5) is 62.9. The summed E-state index contributed by atoms with van der Waals surface area (Å²) in [6.45, 7) is 1.36. The average Bonchev–Trinajstić information content (AvgIpc) is 3.11.